The molecule has 0 aliphatic rings. The number of ether oxygens (including phenoxy) is 1. The van der Waals surface area contributed by atoms with Crippen LogP contribution in [-0.4, -0.2) is 13.7 Å². The van der Waals surface area contributed by atoms with Crippen molar-refractivity contribution in [2.75, 3.05) is 18.6 Å². The minimum absolute atomic E-state index is 0.418. The zero-order valence-corrected chi connectivity index (χ0v) is 13.1. The number of nitrogens with zero attached hydrogens (tertiary/aromatic N) is 1. The molecular formula is C19H17NO3. The lowest BCUT2D eigenvalue weighted by molar-refractivity contribution is 0.415. The largest absolute Gasteiger partial charge is 0.497 e. The molecule has 4 heteroatoms. The van der Waals surface area contributed by atoms with E-state index in [4.69, 9.17) is 4.74 Å². The molecule has 3 rings (SSSR count). The Balaban J connectivity index is 2.08. The van der Waals surface area contributed by atoms with Crippen molar-refractivity contribution in [1.29, 1.82) is 0 Å². The van der Waals surface area contributed by atoms with Gasteiger partial charge in [-0.1, -0.05) is 30.3 Å². The Bertz CT molecular complexity index is 875. The van der Waals surface area contributed by atoms with Gasteiger partial charge >= 0.3 is 0 Å². The molecule has 0 N–H and O–H groups in total. The Hall–Kier alpha value is -2.88. The van der Waals surface area contributed by atoms with Gasteiger partial charge in [-0.3, -0.25) is 9.59 Å². The van der Waals surface area contributed by atoms with Crippen LogP contribution in [0.25, 0.3) is 11.1 Å². The first-order valence-electron chi connectivity index (χ1n) is 7.47. The van der Waals surface area contributed by atoms with Crippen LogP contribution < -0.4 is 20.5 Å². The summed E-state index contributed by atoms with van der Waals surface area (Å²) in [5, 5.41) is 0. The average Bonchev–Trinajstić information content (AvgIpc) is 2.62. The van der Waals surface area contributed by atoms with E-state index >= 15 is 0 Å². The lowest BCUT2D eigenvalue weighted by Gasteiger charge is -2.26. The molecule has 4 nitrogen and oxygen atoms in total. The van der Waals surface area contributed by atoms with Gasteiger partial charge in [0.05, 0.1) is 12.7 Å². The third-order valence-electron chi connectivity index (χ3n) is 3.92. The van der Waals surface area contributed by atoms with Gasteiger partial charge in [-0.05, 0) is 36.8 Å². The molecule has 3 aromatic carbocycles. The Kier molecular flexibility index (Phi) is 3.98. The van der Waals surface area contributed by atoms with Crippen LogP contribution in [0.1, 0.15) is 6.92 Å². The molecule has 23 heavy (non-hydrogen) atoms. The summed E-state index contributed by atoms with van der Waals surface area (Å²) < 4.78 is 5.16. The van der Waals surface area contributed by atoms with Crippen molar-refractivity contribution >= 4 is 11.4 Å². The third kappa shape index (κ3) is 2.52. The second kappa shape index (κ2) is 6.08. The maximum atomic E-state index is 12.2. The monoisotopic (exact) mass is 307 g/mol. The van der Waals surface area contributed by atoms with E-state index in [1.807, 2.05) is 66.4 Å². The quantitative estimate of drug-likeness (QED) is 0.680. The van der Waals surface area contributed by atoms with Crippen molar-refractivity contribution in [2.45, 2.75) is 6.92 Å². The molecule has 0 aliphatic carbocycles. The molecule has 0 bridgehead atoms. The predicted molar refractivity (Wildman–Crippen MR) is 92.5 cm³/mol. The van der Waals surface area contributed by atoms with Crippen LogP contribution in [0.5, 0.6) is 5.75 Å². The van der Waals surface area contributed by atoms with Crippen LogP contribution >= 0.6 is 0 Å². The fourth-order valence-corrected chi connectivity index (χ4v) is 2.74. The molecule has 0 saturated heterocycles. The van der Waals surface area contributed by atoms with Gasteiger partial charge in [0.25, 0.3) is 5.43 Å². The van der Waals surface area contributed by atoms with E-state index in [0.717, 1.165) is 17.0 Å². The van der Waals surface area contributed by atoms with E-state index in [-0.39, 0.29) is 0 Å². The third-order valence-corrected chi connectivity index (χ3v) is 3.92. The first-order valence-corrected chi connectivity index (χ1v) is 7.47. The molecule has 0 radical (unpaired) electrons. The highest BCUT2D eigenvalue weighted by Crippen LogP contribution is 2.32. The maximum Gasteiger partial charge on any atom is 0.250 e. The van der Waals surface area contributed by atoms with Crippen molar-refractivity contribution in [3.63, 3.8) is 0 Å². The zero-order chi connectivity index (χ0) is 16.4. The first kappa shape index (κ1) is 15.0. The minimum atomic E-state index is -0.429. The van der Waals surface area contributed by atoms with Crippen LogP contribution in [0.3, 0.4) is 0 Å². The predicted octanol–water partition coefficient (Wildman–Crippen LogP) is 3.12. The molecule has 0 fully saturated rings. The Morgan fingerprint density at radius 3 is 2.13 bits per heavy atom. The lowest BCUT2D eigenvalue weighted by atomic mass is 9.97. The topological polar surface area (TPSA) is 46.6 Å². The summed E-state index contributed by atoms with van der Waals surface area (Å²) in [4.78, 5) is 26.1. The smallest absolute Gasteiger partial charge is 0.250 e. The van der Waals surface area contributed by atoms with E-state index < -0.39 is 10.9 Å². The Morgan fingerprint density at radius 2 is 1.57 bits per heavy atom. The Morgan fingerprint density at radius 1 is 0.913 bits per heavy atom. The minimum Gasteiger partial charge on any atom is -0.497 e. The highest BCUT2D eigenvalue weighted by Gasteiger charge is 2.26. The van der Waals surface area contributed by atoms with Gasteiger partial charge in [0.2, 0.25) is 5.43 Å². The molecule has 0 aliphatic heterocycles. The summed E-state index contributed by atoms with van der Waals surface area (Å²) in [6, 6.07) is 16.7. The zero-order valence-electron chi connectivity index (χ0n) is 13.1. The number of benzene rings is 2. The summed E-state index contributed by atoms with van der Waals surface area (Å²) in [7, 11) is 1.61. The molecule has 3 aromatic rings. The molecular weight excluding hydrogens is 290 g/mol. The normalized spacial score (nSPS) is 10.7. The summed E-state index contributed by atoms with van der Waals surface area (Å²) in [6.07, 6.45) is 0. The van der Waals surface area contributed by atoms with Crippen molar-refractivity contribution in [1.82, 2.24) is 0 Å². The molecule has 0 amide bonds. The van der Waals surface area contributed by atoms with Crippen LogP contribution in [0.15, 0.2) is 64.2 Å². The van der Waals surface area contributed by atoms with Crippen LogP contribution in [-0.2, 0) is 0 Å². The summed E-state index contributed by atoms with van der Waals surface area (Å²) >= 11 is 0. The van der Waals surface area contributed by atoms with Crippen molar-refractivity contribution in [2.24, 2.45) is 0 Å². The second-order valence-corrected chi connectivity index (χ2v) is 5.19. The summed E-state index contributed by atoms with van der Waals surface area (Å²) in [5.41, 5.74) is 1.75. The number of anilines is 2. The molecule has 0 saturated carbocycles. The summed E-state index contributed by atoms with van der Waals surface area (Å²) in [6.45, 7) is 2.55. The number of methoxy groups -OCH3 is 1. The Labute approximate surface area is 134 Å². The van der Waals surface area contributed by atoms with Crippen molar-refractivity contribution in [3.8, 4) is 16.9 Å². The van der Waals surface area contributed by atoms with E-state index in [0.29, 0.717) is 17.8 Å². The molecule has 0 unspecified atom stereocenters. The number of hydrogen-bond acceptors (Lipinski definition) is 4. The first-order chi connectivity index (χ1) is 11.2. The lowest BCUT2D eigenvalue weighted by Crippen LogP contribution is -2.40. The van der Waals surface area contributed by atoms with Gasteiger partial charge in [0, 0.05) is 12.2 Å². The maximum absolute atomic E-state index is 12.2. The number of hydrogen-bond donors (Lipinski definition) is 0. The van der Waals surface area contributed by atoms with Gasteiger partial charge in [0.15, 0.2) is 0 Å². The standard InChI is InChI=1S/C19H17NO3/c1-3-20(14-9-11-15(23-2)12-10-14)17-16(18(21)19(17)22)13-7-5-4-6-8-13/h4-12H,3H2,1-2H3. The van der Waals surface area contributed by atoms with Crippen molar-refractivity contribution < 1.29 is 4.74 Å². The van der Waals surface area contributed by atoms with E-state index in [1.54, 1.807) is 7.11 Å². The van der Waals surface area contributed by atoms with Crippen molar-refractivity contribution in [3.05, 3.63) is 75.0 Å². The highest BCUT2D eigenvalue weighted by molar-refractivity contribution is 5.86. The molecule has 0 aromatic heterocycles. The highest BCUT2D eigenvalue weighted by atomic mass is 16.5. The van der Waals surface area contributed by atoms with E-state index in [1.165, 1.54) is 0 Å². The summed E-state index contributed by atoms with van der Waals surface area (Å²) in [5.74, 6) is 0.748. The van der Waals surface area contributed by atoms with Gasteiger partial charge in [-0.2, -0.15) is 0 Å². The molecule has 116 valence electrons. The van der Waals surface area contributed by atoms with Gasteiger partial charge in [-0.15, -0.1) is 0 Å². The SMILES string of the molecule is CCN(c1ccc(OC)cc1)c1c(-c2ccccc2)c(=O)c1=O. The van der Waals surface area contributed by atoms with Crippen LogP contribution in [0, 0.1) is 0 Å². The van der Waals surface area contributed by atoms with Gasteiger partial charge in [-0.25, -0.2) is 0 Å². The molecule has 0 spiro atoms. The van der Waals surface area contributed by atoms with E-state index in [2.05, 4.69) is 0 Å². The second-order valence-electron chi connectivity index (χ2n) is 5.19. The molecule has 0 heterocycles. The van der Waals surface area contributed by atoms with Crippen LogP contribution in [0.2, 0.25) is 0 Å². The van der Waals surface area contributed by atoms with Gasteiger partial charge in [0.1, 0.15) is 11.4 Å². The van der Waals surface area contributed by atoms with E-state index in [9.17, 15) is 9.59 Å². The number of rotatable bonds is 5. The fourth-order valence-electron chi connectivity index (χ4n) is 2.74. The fraction of sp³-hybridized carbons (Fsp3) is 0.158. The van der Waals surface area contributed by atoms with Gasteiger partial charge < -0.3 is 9.64 Å². The molecule has 0 atom stereocenters. The average molecular weight is 307 g/mol. The van der Waals surface area contributed by atoms with Crippen LogP contribution in [0.4, 0.5) is 11.4 Å².